The summed E-state index contributed by atoms with van der Waals surface area (Å²) in [4.78, 5) is 36.7. The lowest BCUT2D eigenvalue weighted by atomic mass is 9.79. The molecule has 8 nitrogen and oxygen atoms in total. The average Bonchev–Trinajstić information content (AvgIpc) is 3.25. The average molecular weight is 434 g/mol. The number of rotatable bonds is 4. The molecule has 5 N–H and O–H groups in total. The third-order valence-corrected chi connectivity index (χ3v) is 5.39. The number of fused-ring (bicyclic) bond motifs is 2. The van der Waals surface area contributed by atoms with Crippen LogP contribution in [0.5, 0.6) is 5.75 Å². The molecule has 4 rings (SSSR count). The van der Waals surface area contributed by atoms with Crippen LogP contribution in [-0.2, 0) is 15.0 Å². The second-order valence-electron chi connectivity index (χ2n) is 7.33. The van der Waals surface area contributed by atoms with E-state index in [1.165, 1.54) is 6.07 Å². The maximum Gasteiger partial charge on any atom is 0.573 e. The highest BCUT2D eigenvalue weighted by molar-refractivity contribution is 6.08. The van der Waals surface area contributed by atoms with Gasteiger partial charge in [-0.1, -0.05) is 18.2 Å². The molecule has 31 heavy (non-hydrogen) atoms. The maximum atomic E-state index is 12.8. The first-order valence-corrected chi connectivity index (χ1v) is 9.24. The molecule has 2 heterocycles. The zero-order chi connectivity index (χ0) is 22.4. The number of amides is 3. The van der Waals surface area contributed by atoms with E-state index in [0.29, 0.717) is 5.69 Å². The molecule has 2 aromatic carbocycles. The number of anilines is 2. The fourth-order valence-electron chi connectivity index (χ4n) is 3.94. The lowest BCUT2D eigenvalue weighted by molar-refractivity contribution is -0.274. The molecule has 2 aliphatic rings. The van der Waals surface area contributed by atoms with Gasteiger partial charge in [0.15, 0.2) is 5.75 Å². The number of nitrogens with two attached hydrogens (primary N) is 1. The SMILES string of the molecule is NC(=O)c1ccc(NC(=O)C2CC3(CN2)C(=O)Nc2ccccc23)c(OC(F)(F)F)c1. The van der Waals surface area contributed by atoms with Crippen molar-refractivity contribution in [3.63, 3.8) is 0 Å². The van der Waals surface area contributed by atoms with Crippen LogP contribution in [0.15, 0.2) is 42.5 Å². The van der Waals surface area contributed by atoms with Crippen LogP contribution < -0.4 is 26.4 Å². The first-order valence-electron chi connectivity index (χ1n) is 9.24. The molecule has 1 spiro atoms. The number of primary amides is 1. The van der Waals surface area contributed by atoms with Crippen molar-refractivity contribution in [3.8, 4) is 5.75 Å². The predicted molar refractivity (Wildman–Crippen MR) is 103 cm³/mol. The molecule has 2 aromatic rings. The van der Waals surface area contributed by atoms with Crippen molar-refractivity contribution in [2.24, 2.45) is 5.73 Å². The molecule has 3 amide bonds. The van der Waals surface area contributed by atoms with E-state index >= 15 is 0 Å². The highest BCUT2D eigenvalue weighted by Gasteiger charge is 2.52. The first kappa shape index (κ1) is 20.7. The summed E-state index contributed by atoms with van der Waals surface area (Å²) in [5.74, 6) is -2.61. The van der Waals surface area contributed by atoms with E-state index in [-0.39, 0.29) is 30.1 Å². The maximum absolute atomic E-state index is 12.8. The minimum atomic E-state index is -5.04. The van der Waals surface area contributed by atoms with Gasteiger partial charge in [0.25, 0.3) is 0 Å². The van der Waals surface area contributed by atoms with Gasteiger partial charge in [0.05, 0.1) is 17.1 Å². The number of halogens is 3. The number of hydrogen-bond acceptors (Lipinski definition) is 5. The van der Waals surface area contributed by atoms with E-state index in [0.717, 1.165) is 17.7 Å². The van der Waals surface area contributed by atoms with Crippen LogP contribution in [0.2, 0.25) is 0 Å². The first-order chi connectivity index (χ1) is 14.6. The predicted octanol–water partition coefficient (Wildman–Crippen LogP) is 1.87. The van der Waals surface area contributed by atoms with Crippen molar-refractivity contribution < 1.29 is 32.3 Å². The molecule has 2 atom stereocenters. The van der Waals surface area contributed by atoms with Crippen LogP contribution in [0.3, 0.4) is 0 Å². The molecular formula is C20H17F3N4O4. The minimum Gasteiger partial charge on any atom is -0.404 e. The Bertz CT molecular complexity index is 1090. The molecule has 0 bridgehead atoms. The van der Waals surface area contributed by atoms with E-state index in [1.54, 1.807) is 24.3 Å². The van der Waals surface area contributed by atoms with Gasteiger partial charge in [-0.25, -0.2) is 0 Å². The van der Waals surface area contributed by atoms with Crippen LogP contribution in [0.4, 0.5) is 24.5 Å². The second-order valence-corrected chi connectivity index (χ2v) is 7.33. The van der Waals surface area contributed by atoms with Crippen LogP contribution in [0.25, 0.3) is 0 Å². The smallest absolute Gasteiger partial charge is 0.404 e. The van der Waals surface area contributed by atoms with Gasteiger partial charge in [-0.3, -0.25) is 14.4 Å². The third kappa shape index (κ3) is 3.79. The fourth-order valence-corrected chi connectivity index (χ4v) is 3.94. The molecule has 2 unspecified atom stereocenters. The van der Waals surface area contributed by atoms with Gasteiger partial charge in [0.1, 0.15) is 0 Å². The monoisotopic (exact) mass is 434 g/mol. The second kappa shape index (κ2) is 7.27. The minimum absolute atomic E-state index is 0.122. The molecule has 1 saturated heterocycles. The zero-order valence-electron chi connectivity index (χ0n) is 15.9. The number of benzene rings is 2. The molecule has 0 radical (unpaired) electrons. The number of alkyl halides is 3. The Morgan fingerprint density at radius 2 is 1.94 bits per heavy atom. The Morgan fingerprint density at radius 3 is 2.65 bits per heavy atom. The number of carbonyl (C=O) groups is 3. The summed E-state index contributed by atoms with van der Waals surface area (Å²) < 4.78 is 42.2. The van der Waals surface area contributed by atoms with Crippen LogP contribution >= 0.6 is 0 Å². The van der Waals surface area contributed by atoms with Crippen molar-refractivity contribution >= 4 is 29.1 Å². The fraction of sp³-hybridized carbons (Fsp3) is 0.250. The molecule has 162 valence electrons. The van der Waals surface area contributed by atoms with Crippen molar-refractivity contribution in [3.05, 3.63) is 53.6 Å². The van der Waals surface area contributed by atoms with E-state index in [1.807, 2.05) is 0 Å². The van der Waals surface area contributed by atoms with E-state index < -0.39 is 35.4 Å². The highest BCUT2D eigenvalue weighted by Crippen LogP contribution is 2.43. The van der Waals surface area contributed by atoms with Crippen molar-refractivity contribution in [2.75, 3.05) is 17.2 Å². The highest BCUT2D eigenvalue weighted by atomic mass is 19.4. The number of nitrogens with one attached hydrogen (secondary N) is 3. The molecule has 0 saturated carbocycles. The Labute approximate surface area is 173 Å². The van der Waals surface area contributed by atoms with Gasteiger partial charge >= 0.3 is 6.36 Å². The third-order valence-electron chi connectivity index (χ3n) is 5.39. The summed E-state index contributed by atoms with van der Waals surface area (Å²) in [5.41, 5.74) is 5.08. The number of hydrogen-bond donors (Lipinski definition) is 4. The zero-order valence-corrected chi connectivity index (χ0v) is 15.9. The molecule has 0 aliphatic carbocycles. The molecular weight excluding hydrogens is 417 g/mol. The lowest BCUT2D eigenvalue weighted by Crippen LogP contribution is -2.36. The standard InChI is InChI=1S/C20H17F3N4O4/c21-20(22,23)31-15-7-10(16(24)28)5-6-13(15)26-17(29)14-8-19(9-25-14)11-3-1-2-4-12(11)27-18(19)30/h1-7,14,25H,8-9H2,(H2,24,28)(H,26,29)(H,27,30). The van der Waals surface area contributed by atoms with Gasteiger partial charge in [0, 0.05) is 17.8 Å². The summed E-state index contributed by atoms with van der Waals surface area (Å²) in [6, 6.07) is 9.36. The molecule has 0 aromatic heterocycles. The summed E-state index contributed by atoms with van der Waals surface area (Å²) >= 11 is 0. The van der Waals surface area contributed by atoms with E-state index in [2.05, 4.69) is 20.7 Å². The number of ether oxygens (including phenoxy) is 1. The Kier molecular flexibility index (Phi) is 4.85. The van der Waals surface area contributed by atoms with Gasteiger partial charge in [-0.2, -0.15) is 0 Å². The number of carbonyl (C=O) groups excluding carboxylic acids is 3. The van der Waals surface area contributed by atoms with E-state index in [4.69, 9.17) is 5.73 Å². The molecule has 11 heteroatoms. The Morgan fingerprint density at radius 1 is 1.19 bits per heavy atom. The summed E-state index contributed by atoms with van der Waals surface area (Å²) in [6.07, 6.45) is -4.92. The lowest BCUT2D eigenvalue weighted by Gasteiger charge is -2.20. The van der Waals surface area contributed by atoms with Gasteiger partial charge in [-0.05, 0) is 36.2 Å². The topological polar surface area (TPSA) is 123 Å². The summed E-state index contributed by atoms with van der Waals surface area (Å²) in [5, 5.41) is 8.14. The summed E-state index contributed by atoms with van der Waals surface area (Å²) in [7, 11) is 0. The van der Waals surface area contributed by atoms with Crippen LogP contribution in [0.1, 0.15) is 22.3 Å². The quantitative estimate of drug-likeness (QED) is 0.585. The van der Waals surface area contributed by atoms with Crippen LogP contribution in [-0.4, -0.2) is 36.7 Å². The number of para-hydroxylation sites is 1. The Hall–Kier alpha value is -3.60. The van der Waals surface area contributed by atoms with Gasteiger partial charge < -0.3 is 26.4 Å². The van der Waals surface area contributed by atoms with Gasteiger partial charge in [0.2, 0.25) is 17.7 Å². The van der Waals surface area contributed by atoms with Crippen LogP contribution in [0, 0.1) is 0 Å². The Balaban J connectivity index is 1.56. The largest absolute Gasteiger partial charge is 0.573 e. The van der Waals surface area contributed by atoms with E-state index in [9.17, 15) is 27.6 Å². The summed E-state index contributed by atoms with van der Waals surface area (Å²) in [6.45, 7) is 0.195. The van der Waals surface area contributed by atoms with Crippen molar-refractivity contribution in [1.29, 1.82) is 0 Å². The van der Waals surface area contributed by atoms with Gasteiger partial charge in [-0.15, -0.1) is 13.2 Å². The molecule has 1 fully saturated rings. The van der Waals surface area contributed by atoms with Crippen molar-refractivity contribution in [1.82, 2.24) is 5.32 Å². The normalized spacial score (nSPS) is 22.2. The molecule has 2 aliphatic heterocycles. The van der Waals surface area contributed by atoms with Crippen molar-refractivity contribution in [2.45, 2.75) is 24.2 Å².